The van der Waals surface area contributed by atoms with E-state index >= 15 is 0 Å². The van der Waals surface area contributed by atoms with Crippen LogP contribution in [0, 0.1) is 12.8 Å². The fraction of sp³-hybridized carbons (Fsp3) is 0.320. The second kappa shape index (κ2) is 10.1. The number of hydrogen-bond donors (Lipinski definition) is 1. The summed E-state index contributed by atoms with van der Waals surface area (Å²) in [7, 11) is 0. The number of nitrogens with zero attached hydrogens (tertiary/aromatic N) is 1. The number of aryl methyl sites for hydroxylation is 1. The molecule has 0 unspecified atom stereocenters. The number of amides is 1. The number of furan rings is 1. The van der Waals surface area contributed by atoms with Gasteiger partial charge in [0, 0.05) is 19.6 Å². The predicted molar refractivity (Wildman–Crippen MR) is 116 cm³/mol. The Bertz CT molecular complexity index is 898. The van der Waals surface area contributed by atoms with Crippen LogP contribution >= 0.6 is 0 Å². The lowest BCUT2D eigenvalue weighted by Gasteiger charge is -2.21. The third-order valence-corrected chi connectivity index (χ3v) is 4.71. The van der Waals surface area contributed by atoms with E-state index in [0.717, 1.165) is 18.8 Å². The first-order chi connectivity index (χ1) is 14.0. The van der Waals surface area contributed by atoms with Gasteiger partial charge in [0.15, 0.2) is 5.76 Å². The SMILES string of the molecule is Cc1ccc(CN(Cc2ccccc2)Cc2ccc(C(=O)NCC(C)C)o2)cc1. The van der Waals surface area contributed by atoms with Crippen LogP contribution in [0.1, 0.15) is 46.9 Å². The first kappa shape index (κ1) is 20.9. The molecule has 0 saturated carbocycles. The summed E-state index contributed by atoms with van der Waals surface area (Å²) in [6.45, 7) is 9.14. The highest BCUT2D eigenvalue weighted by Crippen LogP contribution is 2.17. The molecule has 2 aromatic carbocycles. The highest BCUT2D eigenvalue weighted by Gasteiger charge is 2.15. The fourth-order valence-corrected chi connectivity index (χ4v) is 3.15. The van der Waals surface area contributed by atoms with Gasteiger partial charge in [0.05, 0.1) is 6.54 Å². The van der Waals surface area contributed by atoms with Gasteiger partial charge in [0.2, 0.25) is 0 Å². The molecule has 3 rings (SSSR count). The molecule has 1 aromatic heterocycles. The molecular formula is C25H30N2O2. The molecule has 3 aromatic rings. The van der Waals surface area contributed by atoms with Gasteiger partial charge in [-0.2, -0.15) is 0 Å². The lowest BCUT2D eigenvalue weighted by atomic mass is 10.1. The molecule has 152 valence electrons. The number of nitrogens with one attached hydrogen (secondary N) is 1. The molecule has 0 fully saturated rings. The van der Waals surface area contributed by atoms with E-state index in [-0.39, 0.29) is 5.91 Å². The molecule has 1 amide bonds. The van der Waals surface area contributed by atoms with Crippen molar-refractivity contribution in [3.05, 3.63) is 94.9 Å². The van der Waals surface area contributed by atoms with Crippen LogP contribution in [0.3, 0.4) is 0 Å². The average molecular weight is 391 g/mol. The zero-order valence-electron chi connectivity index (χ0n) is 17.5. The minimum Gasteiger partial charge on any atom is -0.455 e. The van der Waals surface area contributed by atoms with E-state index in [1.807, 2.05) is 12.1 Å². The molecule has 0 aliphatic rings. The van der Waals surface area contributed by atoms with Gasteiger partial charge in [0.25, 0.3) is 5.91 Å². The monoisotopic (exact) mass is 390 g/mol. The third kappa shape index (κ3) is 6.61. The summed E-state index contributed by atoms with van der Waals surface area (Å²) in [4.78, 5) is 14.6. The van der Waals surface area contributed by atoms with Crippen LogP contribution in [0.4, 0.5) is 0 Å². The first-order valence-electron chi connectivity index (χ1n) is 10.2. The summed E-state index contributed by atoms with van der Waals surface area (Å²) in [6, 6.07) is 22.7. The lowest BCUT2D eigenvalue weighted by molar-refractivity contribution is 0.0916. The van der Waals surface area contributed by atoms with Gasteiger partial charge in [0.1, 0.15) is 5.76 Å². The van der Waals surface area contributed by atoms with E-state index in [9.17, 15) is 4.79 Å². The number of rotatable bonds is 9. The van der Waals surface area contributed by atoms with Crippen molar-refractivity contribution >= 4 is 5.91 Å². The van der Waals surface area contributed by atoms with Crippen LogP contribution in [-0.4, -0.2) is 17.4 Å². The maximum Gasteiger partial charge on any atom is 0.287 e. The summed E-state index contributed by atoms with van der Waals surface area (Å²) in [5.74, 6) is 1.42. The molecule has 0 aliphatic carbocycles. The van der Waals surface area contributed by atoms with Crippen LogP contribution < -0.4 is 5.32 Å². The summed E-state index contributed by atoms with van der Waals surface area (Å²) < 4.78 is 5.85. The number of carbonyl (C=O) groups excluding carboxylic acids is 1. The standard InChI is InChI=1S/C25H30N2O2/c1-19(2)15-26-25(28)24-14-13-23(29-24)18-27(16-21-7-5-4-6-8-21)17-22-11-9-20(3)10-12-22/h4-14,19H,15-18H2,1-3H3,(H,26,28). The van der Waals surface area contributed by atoms with Crippen molar-refractivity contribution in [2.45, 2.75) is 40.4 Å². The second-order valence-electron chi connectivity index (χ2n) is 7.99. The smallest absolute Gasteiger partial charge is 0.287 e. The van der Waals surface area contributed by atoms with Crippen LogP contribution in [0.15, 0.2) is 71.1 Å². The Balaban J connectivity index is 1.70. The van der Waals surface area contributed by atoms with E-state index < -0.39 is 0 Å². The molecule has 1 heterocycles. The highest BCUT2D eigenvalue weighted by molar-refractivity contribution is 5.91. The lowest BCUT2D eigenvalue weighted by Crippen LogP contribution is -2.27. The molecule has 0 atom stereocenters. The third-order valence-electron chi connectivity index (χ3n) is 4.71. The Labute approximate surface area is 173 Å². The molecule has 4 nitrogen and oxygen atoms in total. The maximum atomic E-state index is 12.2. The Hall–Kier alpha value is -2.85. The zero-order valence-corrected chi connectivity index (χ0v) is 17.5. The molecule has 1 N–H and O–H groups in total. The van der Waals surface area contributed by atoms with E-state index in [1.54, 1.807) is 6.07 Å². The summed E-state index contributed by atoms with van der Waals surface area (Å²) in [5, 5.41) is 2.90. The fourth-order valence-electron chi connectivity index (χ4n) is 3.15. The van der Waals surface area contributed by atoms with E-state index in [2.05, 4.69) is 79.5 Å². The van der Waals surface area contributed by atoms with Gasteiger partial charge in [-0.05, 0) is 36.1 Å². The van der Waals surface area contributed by atoms with E-state index in [1.165, 1.54) is 16.7 Å². The molecule has 29 heavy (non-hydrogen) atoms. The Kier molecular flexibility index (Phi) is 7.25. The molecule has 0 bridgehead atoms. The molecule has 4 heteroatoms. The van der Waals surface area contributed by atoms with Gasteiger partial charge in [-0.1, -0.05) is 74.0 Å². The second-order valence-corrected chi connectivity index (χ2v) is 7.99. The first-order valence-corrected chi connectivity index (χ1v) is 10.2. The van der Waals surface area contributed by atoms with Crippen molar-refractivity contribution < 1.29 is 9.21 Å². The number of hydrogen-bond acceptors (Lipinski definition) is 3. The van der Waals surface area contributed by atoms with Crippen molar-refractivity contribution in [1.29, 1.82) is 0 Å². The van der Waals surface area contributed by atoms with Gasteiger partial charge >= 0.3 is 0 Å². The molecule has 0 spiro atoms. The van der Waals surface area contributed by atoms with Gasteiger partial charge < -0.3 is 9.73 Å². The molecular weight excluding hydrogens is 360 g/mol. The van der Waals surface area contributed by atoms with E-state index in [4.69, 9.17) is 4.42 Å². The minimum atomic E-state index is -0.155. The molecule has 0 aliphatic heterocycles. The van der Waals surface area contributed by atoms with Crippen molar-refractivity contribution in [2.24, 2.45) is 5.92 Å². The van der Waals surface area contributed by atoms with Gasteiger partial charge in [-0.25, -0.2) is 0 Å². The Morgan fingerprint density at radius 2 is 1.55 bits per heavy atom. The summed E-state index contributed by atoms with van der Waals surface area (Å²) in [6.07, 6.45) is 0. The molecule has 0 saturated heterocycles. The van der Waals surface area contributed by atoms with Crippen LogP contribution in [0.2, 0.25) is 0 Å². The van der Waals surface area contributed by atoms with Crippen LogP contribution in [0.5, 0.6) is 0 Å². The Morgan fingerprint density at radius 1 is 0.897 bits per heavy atom. The largest absolute Gasteiger partial charge is 0.455 e. The predicted octanol–water partition coefficient (Wildman–Crippen LogP) is 5.18. The Morgan fingerprint density at radius 3 is 2.21 bits per heavy atom. The molecule has 0 radical (unpaired) electrons. The van der Waals surface area contributed by atoms with Crippen molar-refractivity contribution in [1.82, 2.24) is 10.2 Å². The highest BCUT2D eigenvalue weighted by atomic mass is 16.4. The van der Waals surface area contributed by atoms with Crippen LogP contribution in [0.25, 0.3) is 0 Å². The minimum absolute atomic E-state index is 0.155. The summed E-state index contributed by atoms with van der Waals surface area (Å²) in [5.41, 5.74) is 3.76. The number of carbonyl (C=O) groups is 1. The average Bonchev–Trinajstić information content (AvgIpc) is 3.17. The van der Waals surface area contributed by atoms with Crippen molar-refractivity contribution in [3.63, 3.8) is 0 Å². The zero-order chi connectivity index (χ0) is 20.6. The van der Waals surface area contributed by atoms with Gasteiger partial charge in [-0.3, -0.25) is 9.69 Å². The normalized spacial score (nSPS) is 11.2. The van der Waals surface area contributed by atoms with Crippen molar-refractivity contribution in [3.8, 4) is 0 Å². The van der Waals surface area contributed by atoms with Crippen molar-refractivity contribution in [2.75, 3.05) is 6.54 Å². The quantitative estimate of drug-likeness (QED) is 0.548. The summed E-state index contributed by atoms with van der Waals surface area (Å²) >= 11 is 0. The van der Waals surface area contributed by atoms with E-state index in [0.29, 0.717) is 24.8 Å². The topological polar surface area (TPSA) is 45.5 Å². The van der Waals surface area contributed by atoms with Gasteiger partial charge in [-0.15, -0.1) is 0 Å². The number of benzene rings is 2. The van der Waals surface area contributed by atoms with Crippen LogP contribution in [-0.2, 0) is 19.6 Å². The maximum absolute atomic E-state index is 12.2.